The summed E-state index contributed by atoms with van der Waals surface area (Å²) in [6, 6.07) is 13.4. The van der Waals surface area contributed by atoms with Gasteiger partial charge in [-0.25, -0.2) is 14.2 Å². The number of carboxylic acids is 1. The van der Waals surface area contributed by atoms with E-state index < -0.39 is 47.6 Å². The molecule has 1 aromatic heterocycles. The van der Waals surface area contributed by atoms with Crippen LogP contribution in [0.1, 0.15) is 55.7 Å². The van der Waals surface area contributed by atoms with Gasteiger partial charge in [0.25, 0.3) is 11.8 Å². The van der Waals surface area contributed by atoms with Gasteiger partial charge in [0.2, 0.25) is 5.91 Å². The molecule has 10 nitrogen and oxygen atoms in total. The van der Waals surface area contributed by atoms with Gasteiger partial charge in [-0.3, -0.25) is 24.1 Å². The minimum absolute atomic E-state index is 0.0379. The molecule has 0 unspecified atom stereocenters. The maximum absolute atomic E-state index is 13.3. The lowest BCUT2D eigenvalue weighted by Gasteiger charge is -2.26. The molecule has 0 saturated heterocycles. The Morgan fingerprint density at radius 1 is 1.00 bits per heavy atom. The zero-order valence-electron chi connectivity index (χ0n) is 20.9. The number of amides is 3. The van der Waals surface area contributed by atoms with Crippen LogP contribution in [0.4, 0.5) is 10.1 Å². The number of carbonyl (C=O) groups is 5. The molecular weight excluding hydrogens is 509 g/mol. The van der Waals surface area contributed by atoms with Gasteiger partial charge in [-0.2, -0.15) is 0 Å². The Balaban J connectivity index is 1.67. The minimum Gasteiger partial charge on any atom is -0.476 e. The van der Waals surface area contributed by atoms with Crippen molar-refractivity contribution >= 4 is 35.3 Å². The lowest BCUT2D eigenvalue weighted by molar-refractivity contribution is -0.145. The van der Waals surface area contributed by atoms with Gasteiger partial charge in [0, 0.05) is 19.3 Å². The van der Waals surface area contributed by atoms with Crippen LogP contribution < -0.4 is 4.90 Å². The number of anilines is 1. The molecule has 200 valence electrons. The molecule has 39 heavy (non-hydrogen) atoms. The summed E-state index contributed by atoms with van der Waals surface area (Å²) in [6.45, 7) is 1.05. The van der Waals surface area contributed by atoms with Crippen LogP contribution in [0.2, 0.25) is 0 Å². The highest BCUT2D eigenvalue weighted by Gasteiger charge is 2.36. The number of carboxylic acid groups (broad SMARTS) is 1. The fourth-order valence-corrected chi connectivity index (χ4v) is 4.25. The zero-order valence-corrected chi connectivity index (χ0v) is 20.9. The van der Waals surface area contributed by atoms with Crippen molar-refractivity contribution in [3.8, 4) is 0 Å². The van der Waals surface area contributed by atoms with Crippen molar-refractivity contribution in [2.45, 2.75) is 19.8 Å². The van der Waals surface area contributed by atoms with Crippen LogP contribution in [0.15, 0.2) is 60.8 Å². The van der Waals surface area contributed by atoms with Crippen molar-refractivity contribution in [2.75, 3.05) is 24.6 Å². The largest absolute Gasteiger partial charge is 0.476 e. The minimum atomic E-state index is -1.42. The molecule has 11 heteroatoms. The third-order valence-corrected chi connectivity index (χ3v) is 6.07. The summed E-state index contributed by atoms with van der Waals surface area (Å²) < 4.78 is 18.2. The number of hydrogen-bond donors (Lipinski definition) is 1. The topological polar surface area (TPSA) is 134 Å². The normalized spacial score (nSPS) is 12.3. The first kappa shape index (κ1) is 27.1. The highest BCUT2D eigenvalue weighted by molar-refractivity contribution is 6.21. The van der Waals surface area contributed by atoms with Crippen LogP contribution in [0.5, 0.6) is 0 Å². The number of aromatic carboxylic acids is 1. The average molecular weight is 534 g/mol. The van der Waals surface area contributed by atoms with Gasteiger partial charge in [0.15, 0.2) is 5.69 Å². The molecule has 1 N–H and O–H groups in total. The number of imide groups is 1. The van der Waals surface area contributed by atoms with E-state index in [-0.39, 0.29) is 42.9 Å². The molecule has 0 atom stereocenters. The van der Waals surface area contributed by atoms with Crippen molar-refractivity contribution in [1.82, 2.24) is 9.88 Å². The molecule has 1 aliphatic rings. The number of carbonyl (C=O) groups excluding carboxylic acids is 4. The Morgan fingerprint density at radius 2 is 1.64 bits per heavy atom. The Hall–Kier alpha value is -4.93. The van der Waals surface area contributed by atoms with Crippen LogP contribution in [0.25, 0.3) is 0 Å². The van der Waals surface area contributed by atoms with Crippen LogP contribution in [-0.2, 0) is 20.7 Å². The lowest BCUT2D eigenvalue weighted by atomic mass is 10.0. The monoisotopic (exact) mass is 533 g/mol. The molecule has 0 fully saturated rings. The summed E-state index contributed by atoms with van der Waals surface area (Å²) in [5.74, 6) is -4.55. The number of aromatic nitrogens is 1. The molecule has 1 aliphatic heterocycles. The fraction of sp³-hybridized carbons (Fsp3) is 0.214. The Bertz CT molecular complexity index is 1420. The third-order valence-electron chi connectivity index (χ3n) is 6.07. The molecule has 4 rings (SSSR count). The number of ether oxygens (including phenoxy) is 1. The summed E-state index contributed by atoms with van der Waals surface area (Å²) in [5.41, 5.74) is 1.09. The number of nitrogens with zero attached hydrogens (tertiary/aromatic N) is 3. The highest BCUT2D eigenvalue weighted by atomic mass is 19.1. The van der Waals surface area contributed by atoms with Gasteiger partial charge in [-0.15, -0.1) is 0 Å². The second-order valence-electron chi connectivity index (χ2n) is 8.65. The second-order valence-corrected chi connectivity index (χ2v) is 8.65. The van der Waals surface area contributed by atoms with Crippen molar-refractivity contribution in [3.05, 3.63) is 94.6 Å². The van der Waals surface area contributed by atoms with Crippen LogP contribution >= 0.6 is 0 Å². The van der Waals surface area contributed by atoms with Gasteiger partial charge in [0.1, 0.15) is 12.2 Å². The Labute approximate surface area is 222 Å². The maximum Gasteiger partial charge on any atom is 0.356 e. The van der Waals surface area contributed by atoms with Crippen LogP contribution in [0, 0.1) is 5.82 Å². The first-order valence-corrected chi connectivity index (χ1v) is 12.1. The standard InChI is InChI=1S/C28H24FN3O7/c1-2-39-24(34)15-23(33)31(11-12-32-26(35)20-5-3-4-6-21(20)27(32)36)22-14-18(16-30-25(22)28(37)38)13-17-7-9-19(29)10-8-17/h3-10,14,16H,2,11-13,15H2,1H3,(H,37,38). The lowest BCUT2D eigenvalue weighted by Crippen LogP contribution is -2.42. The molecule has 0 spiro atoms. The van der Waals surface area contributed by atoms with E-state index in [1.807, 2.05) is 0 Å². The quantitative estimate of drug-likeness (QED) is 0.239. The van der Waals surface area contributed by atoms with Gasteiger partial charge in [0.05, 0.1) is 23.4 Å². The van der Waals surface area contributed by atoms with Crippen LogP contribution in [-0.4, -0.2) is 64.3 Å². The van der Waals surface area contributed by atoms with E-state index >= 15 is 0 Å². The molecule has 0 radical (unpaired) electrons. The van der Waals surface area contributed by atoms with Crippen molar-refractivity contribution < 1.29 is 38.2 Å². The Morgan fingerprint density at radius 3 is 2.23 bits per heavy atom. The number of hydrogen-bond acceptors (Lipinski definition) is 7. The molecule has 0 aliphatic carbocycles. The number of fused-ring (bicyclic) bond motifs is 1. The average Bonchev–Trinajstić information content (AvgIpc) is 3.15. The van der Waals surface area contributed by atoms with Gasteiger partial charge >= 0.3 is 11.9 Å². The molecular formula is C28H24FN3O7. The maximum atomic E-state index is 13.3. The van der Waals surface area contributed by atoms with E-state index in [9.17, 15) is 33.5 Å². The zero-order chi connectivity index (χ0) is 28.1. The first-order chi connectivity index (χ1) is 18.7. The SMILES string of the molecule is CCOC(=O)CC(=O)N(CCN1C(=O)c2ccccc2C1=O)c1cc(Cc2ccc(F)cc2)cnc1C(=O)O. The van der Waals surface area contributed by atoms with Crippen LogP contribution in [0.3, 0.4) is 0 Å². The molecule has 0 saturated carbocycles. The van der Waals surface area contributed by atoms with E-state index in [1.54, 1.807) is 31.2 Å². The summed E-state index contributed by atoms with van der Waals surface area (Å²) in [4.78, 5) is 69.1. The highest BCUT2D eigenvalue weighted by Crippen LogP contribution is 2.26. The predicted molar refractivity (Wildman–Crippen MR) is 136 cm³/mol. The number of pyridine rings is 1. The van der Waals surface area contributed by atoms with E-state index in [1.165, 1.54) is 36.5 Å². The molecule has 3 amide bonds. The molecule has 2 aromatic carbocycles. The van der Waals surface area contributed by atoms with Crippen molar-refractivity contribution in [2.24, 2.45) is 0 Å². The number of esters is 1. The number of benzene rings is 2. The third kappa shape index (κ3) is 5.98. The number of rotatable bonds is 10. The molecule has 3 aromatic rings. The fourth-order valence-electron chi connectivity index (χ4n) is 4.25. The van der Waals surface area contributed by atoms with E-state index in [2.05, 4.69) is 4.98 Å². The Kier molecular flexibility index (Phi) is 8.09. The van der Waals surface area contributed by atoms with Gasteiger partial charge < -0.3 is 14.7 Å². The second kappa shape index (κ2) is 11.6. The summed E-state index contributed by atoms with van der Waals surface area (Å²) in [6.07, 6.45) is 0.879. The molecule has 2 heterocycles. The molecule has 0 bridgehead atoms. The van der Waals surface area contributed by atoms with E-state index in [0.29, 0.717) is 11.1 Å². The summed E-state index contributed by atoms with van der Waals surface area (Å²) in [7, 11) is 0. The predicted octanol–water partition coefficient (Wildman–Crippen LogP) is 3.09. The number of halogens is 1. The van der Waals surface area contributed by atoms with Gasteiger partial charge in [-0.1, -0.05) is 24.3 Å². The van der Waals surface area contributed by atoms with E-state index in [4.69, 9.17) is 4.74 Å². The van der Waals surface area contributed by atoms with Crippen molar-refractivity contribution in [3.63, 3.8) is 0 Å². The summed E-state index contributed by atoms with van der Waals surface area (Å²) in [5, 5.41) is 9.80. The van der Waals surface area contributed by atoms with E-state index in [0.717, 1.165) is 9.80 Å². The first-order valence-electron chi connectivity index (χ1n) is 12.1. The smallest absolute Gasteiger partial charge is 0.356 e. The summed E-state index contributed by atoms with van der Waals surface area (Å²) >= 11 is 0. The van der Waals surface area contributed by atoms with Gasteiger partial charge in [-0.05, 0) is 54.8 Å². The van der Waals surface area contributed by atoms with Crippen molar-refractivity contribution in [1.29, 1.82) is 0 Å².